The predicted octanol–water partition coefficient (Wildman–Crippen LogP) is 3.71. The minimum Gasteiger partial charge on any atom is -0.454 e. The molecule has 29 heavy (non-hydrogen) atoms. The van der Waals surface area contributed by atoms with Crippen LogP contribution in [0.4, 0.5) is 0 Å². The second kappa shape index (κ2) is 7.24. The minimum atomic E-state index is -0.570. The molecule has 0 atom stereocenters. The maximum atomic E-state index is 12.4. The molecule has 4 fully saturated rings. The predicted molar refractivity (Wildman–Crippen MR) is 107 cm³/mol. The first-order valence-corrected chi connectivity index (χ1v) is 10.6. The summed E-state index contributed by atoms with van der Waals surface area (Å²) < 4.78 is 15.7. The number of carbonyl (C=O) groups is 2. The van der Waals surface area contributed by atoms with Gasteiger partial charge in [0.15, 0.2) is 18.1 Å². The Kier molecular flexibility index (Phi) is 4.69. The van der Waals surface area contributed by atoms with Crippen LogP contribution in [-0.2, 0) is 14.3 Å². The van der Waals surface area contributed by atoms with E-state index in [1.54, 1.807) is 18.2 Å². The Morgan fingerprint density at radius 3 is 2.52 bits per heavy atom. The Bertz CT molecular complexity index is 845. The van der Waals surface area contributed by atoms with E-state index in [0.717, 1.165) is 37.0 Å². The molecule has 0 unspecified atom stereocenters. The number of amides is 1. The second-order valence-corrected chi connectivity index (χ2v) is 9.33. The molecule has 0 spiro atoms. The third-order valence-corrected chi connectivity index (χ3v) is 6.93. The van der Waals surface area contributed by atoms with E-state index in [1.807, 2.05) is 0 Å². The molecule has 1 aliphatic heterocycles. The normalized spacial score (nSPS) is 31.3. The summed E-state index contributed by atoms with van der Waals surface area (Å²) >= 11 is 6.13. The Hall–Kier alpha value is -2.21. The largest absolute Gasteiger partial charge is 0.454 e. The fourth-order valence-corrected chi connectivity index (χ4v) is 6.30. The third kappa shape index (κ3) is 3.82. The molecule has 7 heteroatoms. The van der Waals surface area contributed by atoms with Crippen LogP contribution in [0.25, 0.3) is 6.08 Å². The second-order valence-electron chi connectivity index (χ2n) is 8.92. The van der Waals surface area contributed by atoms with Gasteiger partial charge in [-0.2, -0.15) is 0 Å². The van der Waals surface area contributed by atoms with Gasteiger partial charge < -0.3 is 19.5 Å². The molecule has 1 N–H and O–H groups in total. The highest BCUT2D eigenvalue weighted by Gasteiger charge is 2.51. The number of nitrogens with one attached hydrogen (secondary N) is 1. The summed E-state index contributed by atoms with van der Waals surface area (Å²) in [7, 11) is 0. The number of hydrogen-bond donors (Lipinski definition) is 1. The maximum absolute atomic E-state index is 12.4. The zero-order valence-electron chi connectivity index (χ0n) is 16.1. The first kappa shape index (κ1) is 18.8. The van der Waals surface area contributed by atoms with Crippen LogP contribution in [-0.4, -0.2) is 30.8 Å². The smallest absolute Gasteiger partial charge is 0.331 e. The maximum Gasteiger partial charge on any atom is 0.331 e. The lowest BCUT2D eigenvalue weighted by Crippen LogP contribution is -2.60. The van der Waals surface area contributed by atoms with Gasteiger partial charge in [0.25, 0.3) is 5.91 Å². The molecule has 0 saturated heterocycles. The number of rotatable bonds is 5. The Labute approximate surface area is 174 Å². The zero-order valence-corrected chi connectivity index (χ0v) is 16.9. The topological polar surface area (TPSA) is 73.9 Å². The van der Waals surface area contributed by atoms with Gasteiger partial charge in [-0.05, 0) is 80.1 Å². The van der Waals surface area contributed by atoms with Gasteiger partial charge in [0.2, 0.25) is 6.79 Å². The van der Waals surface area contributed by atoms with E-state index in [9.17, 15) is 9.59 Å². The molecule has 0 radical (unpaired) electrons. The van der Waals surface area contributed by atoms with Crippen molar-refractivity contribution in [3.63, 3.8) is 0 Å². The number of ether oxygens (including phenoxy) is 3. The molecule has 6 nitrogen and oxygen atoms in total. The summed E-state index contributed by atoms with van der Waals surface area (Å²) in [6, 6.07) is 3.41. The molecule has 0 aromatic heterocycles. The summed E-state index contributed by atoms with van der Waals surface area (Å²) in [5.74, 6) is 2.52. The number of fused-ring (bicyclic) bond motifs is 1. The zero-order chi connectivity index (χ0) is 20.0. The average Bonchev–Trinajstić information content (AvgIpc) is 3.12. The van der Waals surface area contributed by atoms with Crippen LogP contribution in [0.15, 0.2) is 18.2 Å². The molecule has 154 valence electrons. The lowest BCUT2D eigenvalue weighted by Gasteiger charge is -2.56. The van der Waals surface area contributed by atoms with Crippen molar-refractivity contribution in [2.24, 2.45) is 17.8 Å². The van der Waals surface area contributed by atoms with Crippen molar-refractivity contribution in [2.75, 3.05) is 13.4 Å². The van der Waals surface area contributed by atoms with E-state index in [1.165, 1.54) is 25.3 Å². The lowest BCUT2D eigenvalue weighted by atomic mass is 9.53. The van der Waals surface area contributed by atoms with E-state index in [-0.39, 0.29) is 24.8 Å². The quantitative estimate of drug-likeness (QED) is 0.584. The van der Waals surface area contributed by atoms with Crippen molar-refractivity contribution in [3.05, 3.63) is 28.8 Å². The van der Waals surface area contributed by atoms with Crippen molar-refractivity contribution in [2.45, 2.75) is 44.1 Å². The first-order chi connectivity index (χ1) is 14.0. The van der Waals surface area contributed by atoms with Gasteiger partial charge in [0.05, 0.1) is 5.02 Å². The summed E-state index contributed by atoms with van der Waals surface area (Å²) in [5.41, 5.74) is 0.617. The number of benzene rings is 1. The Balaban J connectivity index is 1.14. The monoisotopic (exact) mass is 417 g/mol. The van der Waals surface area contributed by atoms with Gasteiger partial charge in [0, 0.05) is 11.6 Å². The average molecular weight is 418 g/mol. The standard InChI is InChI=1S/C22H24ClNO5/c23-17-6-13(7-18-21(17)29-12-28-18)1-2-20(26)27-11-19(25)24-22-8-14-3-15(9-22)5-16(4-14)10-22/h1-2,6-7,14-16H,3-5,8-12H2,(H,24,25)/b2-1+. The molecular weight excluding hydrogens is 394 g/mol. The number of halogens is 1. The molecule has 4 bridgehead atoms. The van der Waals surface area contributed by atoms with Crippen molar-refractivity contribution < 1.29 is 23.8 Å². The summed E-state index contributed by atoms with van der Waals surface area (Å²) in [6.07, 6.45) is 10.0. The van der Waals surface area contributed by atoms with Crippen LogP contribution in [0.5, 0.6) is 11.5 Å². The van der Waals surface area contributed by atoms with Gasteiger partial charge >= 0.3 is 5.97 Å². The van der Waals surface area contributed by atoms with Crippen LogP contribution in [0.1, 0.15) is 44.1 Å². The minimum absolute atomic E-state index is 0.0721. The van der Waals surface area contributed by atoms with Crippen molar-refractivity contribution >= 4 is 29.6 Å². The summed E-state index contributed by atoms with van der Waals surface area (Å²) in [5, 5.41) is 3.62. The van der Waals surface area contributed by atoms with Crippen LogP contribution in [0, 0.1) is 17.8 Å². The highest BCUT2D eigenvalue weighted by Crippen LogP contribution is 2.55. The molecular formula is C22H24ClNO5. The Morgan fingerprint density at radius 1 is 1.14 bits per heavy atom. The number of esters is 1. The molecule has 6 rings (SSSR count). The van der Waals surface area contributed by atoms with Crippen molar-refractivity contribution in [1.82, 2.24) is 5.32 Å². The van der Waals surface area contributed by atoms with E-state index < -0.39 is 5.97 Å². The van der Waals surface area contributed by atoms with Gasteiger partial charge in [0.1, 0.15) is 0 Å². The number of carbonyl (C=O) groups excluding carboxylic acids is 2. The molecule has 1 aromatic rings. The molecule has 5 aliphatic rings. The first-order valence-electron chi connectivity index (χ1n) is 10.2. The van der Waals surface area contributed by atoms with Crippen LogP contribution in [0.2, 0.25) is 5.02 Å². The van der Waals surface area contributed by atoms with E-state index >= 15 is 0 Å². The van der Waals surface area contributed by atoms with Crippen molar-refractivity contribution in [3.8, 4) is 11.5 Å². The molecule has 4 saturated carbocycles. The van der Waals surface area contributed by atoms with Gasteiger partial charge in [-0.25, -0.2) is 4.79 Å². The van der Waals surface area contributed by atoms with Gasteiger partial charge in [-0.3, -0.25) is 4.79 Å². The van der Waals surface area contributed by atoms with Gasteiger partial charge in [-0.1, -0.05) is 11.6 Å². The highest BCUT2D eigenvalue weighted by atomic mass is 35.5. The van der Waals surface area contributed by atoms with E-state index in [0.29, 0.717) is 22.1 Å². The number of hydrogen-bond acceptors (Lipinski definition) is 5. The summed E-state index contributed by atoms with van der Waals surface area (Å²) in [4.78, 5) is 24.4. The fraction of sp³-hybridized carbons (Fsp3) is 0.545. The molecule has 1 amide bonds. The molecule has 1 heterocycles. The molecule has 4 aliphatic carbocycles. The SMILES string of the molecule is O=C(COC(=O)/C=C/c1cc(Cl)c2c(c1)OCO2)NC12CC3CC(CC(C3)C1)C2. The Morgan fingerprint density at radius 2 is 1.83 bits per heavy atom. The van der Waals surface area contributed by atoms with Crippen LogP contribution < -0.4 is 14.8 Å². The van der Waals surface area contributed by atoms with Crippen molar-refractivity contribution in [1.29, 1.82) is 0 Å². The lowest BCUT2D eigenvalue weighted by molar-refractivity contribution is -0.145. The van der Waals surface area contributed by atoms with E-state index in [2.05, 4.69) is 5.32 Å². The summed E-state index contributed by atoms with van der Waals surface area (Å²) in [6.45, 7) is -0.129. The van der Waals surface area contributed by atoms with Crippen LogP contribution in [0.3, 0.4) is 0 Å². The van der Waals surface area contributed by atoms with E-state index in [4.69, 9.17) is 25.8 Å². The fourth-order valence-electron chi connectivity index (χ4n) is 6.03. The third-order valence-electron chi connectivity index (χ3n) is 6.65. The van der Waals surface area contributed by atoms with Crippen LogP contribution >= 0.6 is 11.6 Å². The molecule has 1 aromatic carbocycles. The highest BCUT2D eigenvalue weighted by molar-refractivity contribution is 6.32. The van der Waals surface area contributed by atoms with Gasteiger partial charge in [-0.15, -0.1) is 0 Å².